The van der Waals surface area contributed by atoms with Crippen molar-refractivity contribution in [1.29, 1.82) is 0 Å². The van der Waals surface area contributed by atoms with E-state index in [0.717, 1.165) is 19.3 Å². The summed E-state index contributed by atoms with van der Waals surface area (Å²) in [6.45, 7) is 1.73. The fourth-order valence-electron chi connectivity index (χ4n) is 3.09. The molecule has 1 aromatic heterocycles. The average molecular weight is 404 g/mol. The molecule has 28 heavy (non-hydrogen) atoms. The minimum absolute atomic E-state index is 0.147. The quantitative estimate of drug-likeness (QED) is 0.448. The number of fused-ring (bicyclic) bond motifs is 1. The highest BCUT2D eigenvalue weighted by molar-refractivity contribution is 7.14. The van der Waals surface area contributed by atoms with Crippen molar-refractivity contribution in [3.05, 3.63) is 49.7 Å². The molecule has 8 nitrogen and oxygen atoms in total. The largest absolute Gasteiger partial charge is 0.494 e. The van der Waals surface area contributed by atoms with E-state index in [9.17, 15) is 19.7 Å². The number of nitrogens with zero attached hydrogens (tertiary/aromatic N) is 1. The third-order valence-electron chi connectivity index (χ3n) is 4.53. The summed E-state index contributed by atoms with van der Waals surface area (Å²) in [4.78, 5) is 36.3. The summed E-state index contributed by atoms with van der Waals surface area (Å²) in [6, 6.07) is 5.68. The van der Waals surface area contributed by atoms with E-state index in [2.05, 4.69) is 12.2 Å². The van der Waals surface area contributed by atoms with E-state index in [1.807, 2.05) is 6.07 Å². The van der Waals surface area contributed by atoms with Gasteiger partial charge in [0, 0.05) is 10.9 Å². The standard InChI is InChI=1S/C19H20N2O6S/c1-11-3-6-16-12(7-11)8-17(28-16)19(23)27-10-18(22)20-14-5-4-13(21(24)25)9-15(14)26-2/h4-5,8-9,11H,3,6-7,10H2,1-2H3,(H,20,22)/t11-/m1/s1. The first-order valence-corrected chi connectivity index (χ1v) is 9.60. The van der Waals surface area contributed by atoms with Crippen LogP contribution in [0.5, 0.6) is 5.75 Å². The molecule has 3 rings (SSSR count). The molecule has 0 aliphatic heterocycles. The molecule has 0 saturated carbocycles. The van der Waals surface area contributed by atoms with Crippen LogP contribution in [0, 0.1) is 16.0 Å². The molecule has 0 bridgehead atoms. The Kier molecular flexibility index (Phi) is 5.93. The Balaban J connectivity index is 1.59. The zero-order chi connectivity index (χ0) is 20.3. The lowest BCUT2D eigenvalue weighted by Crippen LogP contribution is -2.21. The number of carbonyl (C=O) groups excluding carboxylic acids is 2. The van der Waals surface area contributed by atoms with Gasteiger partial charge in [0.15, 0.2) is 6.61 Å². The van der Waals surface area contributed by atoms with Crippen LogP contribution in [0.15, 0.2) is 24.3 Å². The minimum Gasteiger partial charge on any atom is -0.494 e. The van der Waals surface area contributed by atoms with E-state index in [4.69, 9.17) is 9.47 Å². The lowest BCUT2D eigenvalue weighted by molar-refractivity contribution is -0.384. The molecule has 1 N–H and O–H groups in total. The molecule has 0 saturated heterocycles. The molecule has 1 amide bonds. The van der Waals surface area contributed by atoms with Crippen molar-refractivity contribution in [3.8, 4) is 5.75 Å². The highest BCUT2D eigenvalue weighted by atomic mass is 32.1. The number of ether oxygens (including phenoxy) is 2. The van der Waals surface area contributed by atoms with Gasteiger partial charge in [0.2, 0.25) is 0 Å². The number of aryl methyl sites for hydroxylation is 1. The molecule has 2 aromatic rings. The van der Waals surface area contributed by atoms with Gasteiger partial charge in [-0.25, -0.2) is 4.79 Å². The molecule has 0 spiro atoms. The second-order valence-electron chi connectivity index (χ2n) is 6.67. The second kappa shape index (κ2) is 8.39. The predicted molar refractivity (Wildman–Crippen MR) is 104 cm³/mol. The summed E-state index contributed by atoms with van der Waals surface area (Å²) < 4.78 is 10.2. The van der Waals surface area contributed by atoms with Crippen LogP contribution < -0.4 is 10.1 Å². The highest BCUT2D eigenvalue weighted by Gasteiger charge is 2.22. The molecule has 1 aliphatic carbocycles. The number of methoxy groups -OCH3 is 1. The minimum atomic E-state index is -0.560. The van der Waals surface area contributed by atoms with Gasteiger partial charge in [-0.15, -0.1) is 11.3 Å². The first-order chi connectivity index (χ1) is 13.4. The van der Waals surface area contributed by atoms with Crippen LogP contribution in [0.2, 0.25) is 0 Å². The van der Waals surface area contributed by atoms with E-state index < -0.39 is 23.4 Å². The first-order valence-electron chi connectivity index (χ1n) is 8.78. The third kappa shape index (κ3) is 4.48. The molecule has 1 aliphatic rings. The van der Waals surface area contributed by atoms with Gasteiger partial charge in [-0.05, 0) is 42.9 Å². The Morgan fingerprint density at radius 1 is 1.36 bits per heavy atom. The number of non-ortho nitro benzene ring substituents is 1. The molecule has 148 valence electrons. The third-order valence-corrected chi connectivity index (χ3v) is 5.75. The molecular formula is C19H20N2O6S. The highest BCUT2D eigenvalue weighted by Crippen LogP contribution is 2.32. The number of rotatable bonds is 6. The Morgan fingerprint density at radius 3 is 2.86 bits per heavy atom. The van der Waals surface area contributed by atoms with Gasteiger partial charge in [-0.3, -0.25) is 14.9 Å². The molecule has 1 atom stereocenters. The van der Waals surface area contributed by atoms with Crippen LogP contribution in [-0.4, -0.2) is 30.5 Å². The van der Waals surface area contributed by atoms with Gasteiger partial charge >= 0.3 is 5.97 Å². The second-order valence-corrected chi connectivity index (χ2v) is 7.81. The topological polar surface area (TPSA) is 108 Å². The van der Waals surface area contributed by atoms with E-state index in [1.165, 1.54) is 47.1 Å². The van der Waals surface area contributed by atoms with Gasteiger partial charge in [-0.1, -0.05) is 6.92 Å². The number of hydrogen-bond acceptors (Lipinski definition) is 7. The summed E-state index contributed by atoms with van der Waals surface area (Å²) in [5, 5.41) is 13.3. The van der Waals surface area contributed by atoms with E-state index in [-0.39, 0.29) is 17.1 Å². The molecule has 0 unspecified atom stereocenters. The van der Waals surface area contributed by atoms with Crippen LogP contribution >= 0.6 is 11.3 Å². The van der Waals surface area contributed by atoms with E-state index >= 15 is 0 Å². The van der Waals surface area contributed by atoms with Gasteiger partial charge < -0.3 is 14.8 Å². The van der Waals surface area contributed by atoms with E-state index in [0.29, 0.717) is 10.8 Å². The summed E-state index contributed by atoms with van der Waals surface area (Å²) in [6.07, 6.45) is 3.04. The van der Waals surface area contributed by atoms with Crippen molar-refractivity contribution in [2.24, 2.45) is 5.92 Å². The van der Waals surface area contributed by atoms with Crippen molar-refractivity contribution in [2.75, 3.05) is 19.0 Å². The summed E-state index contributed by atoms with van der Waals surface area (Å²) >= 11 is 1.42. The Labute approximate surface area is 165 Å². The van der Waals surface area contributed by atoms with Crippen LogP contribution in [0.25, 0.3) is 0 Å². The SMILES string of the molecule is COc1cc([N+](=O)[O-])ccc1NC(=O)COC(=O)c1cc2c(s1)CC[C@@H](C)C2. The maximum absolute atomic E-state index is 12.3. The number of anilines is 1. The molecular weight excluding hydrogens is 384 g/mol. The molecule has 0 radical (unpaired) electrons. The number of benzene rings is 1. The number of esters is 1. The summed E-state index contributed by atoms with van der Waals surface area (Å²) in [7, 11) is 1.34. The van der Waals surface area contributed by atoms with Gasteiger partial charge in [-0.2, -0.15) is 0 Å². The molecule has 0 fully saturated rings. The molecule has 1 heterocycles. The molecule has 1 aromatic carbocycles. The van der Waals surface area contributed by atoms with Crippen LogP contribution in [0.3, 0.4) is 0 Å². The van der Waals surface area contributed by atoms with Gasteiger partial charge in [0.1, 0.15) is 10.6 Å². The number of nitro benzene ring substituents is 1. The first kappa shape index (κ1) is 19.8. The van der Waals surface area contributed by atoms with Gasteiger partial charge in [0.25, 0.3) is 11.6 Å². The Hall–Kier alpha value is -2.94. The van der Waals surface area contributed by atoms with Crippen LogP contribution in [0.4, 0.5) is 11.4 Å². The zero-order valence-corrected chi connectivity index (χ0v) is 16.3. The zero-order valence-electron chi connectivity index (χ0n) is 15.5. The fourth-order valence-corrected chi connectivity index (χ4v) is 4.19. The fraction of sp³-hybridized carbons (Fsp3) is 0.368. The van der Waals surface area contributed by atoms with Crippen molar-refractivity contribution in [3.63, 3.8) is 0 Å². The number of amides is 1. The number of nitrogens with one attached hydrogen (secondary N) is 1. The van der Waals surface area contributed by atoms with Crippen LogP contribution in [0.1, 0.15) is 33.5 Å². The Bertz CT molecular complexity index is 923. The summed E-state index contributed by atoms with van der Waals surface area (Å²) in [5.41, 5.74) is 1.29. The lowest BCUT2D eigenvalue weighted by Gasteiger charge is -2.16. The van der Waals surface area contributed by atoms with Crippen molar-refractivity contribution >= 4 is 34.6 Å². The maximum Gasteiger partial charge on any atom is 0.348 e. The van der Waals surface area contributed by atoms with Crippen molar-refractivity contribution in [2.45, 2.75) is 26.2 Å². The summed E-state index contributed by atoms with van der Waals surface area (Å²) in [5.74, 6) is -0.337. The average Bonchev–Trinajstić information content (AvgIpc) is 3.09. The van der Waals surface area contributed by atoms with Crippen molar-refractivity contribution < 1.29 is 24.0 Å². The van der Waals surface area contributed by atoms with Crippen LogP contribution in [-0.2, 0) is 22.4 Å². The van der Waals surface area contributed by atoms with Crippen molar-refractivity contribution in [1.82, 2.24) is 0 Å². The number of carbonyl (C=O) groups is 2. The van der Waals surface area contributed by atoms with E-state index in [1.54, 1.807) is 0 Å². The normalized spacial score (nSPS) is 15.4. The predicted octanol–water partition coefficient (Wildman–Crippen LogP) is 3.59. The molecule has 9 heteroatoms. The number of hydrogen-bond donors (Lipinski definition) is 1. The van der Waals surface area contributed by atoms with Gasteiger partial charge in [0.05, 0.1) is 23.8 Å². The lowest BCUT2D eigenvalue weighted by atomic mass is 9.90. The smallest absolute Gasteiger partial charge is 0.348 e. The Morgan fingerprint density at radius 2 is 2.14 bits per heavy atom. The maximum atomic E-state index is 12.3. The monoisotopic (exact) mass is 404 g/mol. The number of nitro groups is 1. The number of thiophene rings is 1.